The lowest BCUT2D eigenvalue weighted by molar-refractivity contribution is -0.132. The van der Waals surface area contributed by atoms with Crippen molar-refractivity contribution in [1.29, 1.82) is 0 Å². The first-order valence-electron chi connectivity index (χ1n) is 8.66. The van der Waals surface area contributed by atoms with Crippen molar-refractivity contribution >= 4 is 17.4 Å². The summed E-state index contributed by atoms with van der Waals surface area (Å²) >= 11 is 0. The number of anilines is 2. The smallest absolute Gasteiger partial charge is 0.222 e. The van der Waals surface area contributed by atoms with Crippen molar-refractivity contribution in [1.82, 2.24) is 15.1 Å². The Hall–Kier alpha value is -1.85. The molecule has 2 aliphatic rings. The van der Waals surface area contributed by atoms with Gasteiger partial charge in [0, 0.05) is 52.8 Å². The third-order valence-corrected chi connectivity index (χ3v) is 5.04. The van der Waals surface area contributed by atoms with E-state index in [0.29, 0.717) is 11.8 Å². The molecule has 2 fully saturated rings. The van der Waals surface area contributed by atoms with E-state index in [9.17, 15) is 4.79 Å². The molecule has 1 amide bonds. The maximum absolute atomic E-state index is 12.4. The lowest BCUT2D eigenvalue weighted by Gasteiger charge is -2.35. The minimum Gasteiger partial charge on any atom is -0.376 e. The average molecular weight is 317 g/mol. The van der Waals surface area contributed by atoms with Crippen LogP contribution in [0.2, 0.25) is 0 Å². The van der Waals surface area contributed by atoms with E-state index < -0.39 is 0 Å². The van der Waals surface area contributed by atoms with Crippen molar-refractivity contribution in [2.24, 2.45) is 5.92 Å². The summed E-state index contributed by atoms with van der Waals surface area (Å²) in [6, 6.07) is 2.06. The van der Waals surface area contributed by atoms with E-state index in [4.69, 9.17) is 0 Å². The second-order valence-electron chi connectivity index (χ2n) is 6.89. The summed E-state index contributed by atoms with van der Waals surface area (Å²) < 4.78 is 0. The van der Waals surface area contributed by atoms with Gasteiger partial charge in [-0.2, -0.15) is 5.10 Å². The van der Waals surface area contributed by atoms with E-state index in [1.165, 1.54) is 25.7 Å². The number of hydrogen-bond acceptors (Lipinski definition) is 5. The Balaban J connectivity index is 1.53. The summed E-state index contributed by atoms with van der Waals surface area (Å²) in [7, 11) is 4.00. The molecule has 0 atom stereocenters. The zero-order valence-electron chi connectivity index (χ0n) is 14.2. The summed E-state index contributed by atoms with van der Waals surface area (Å²) in [4.78, 5) is 18.7. The summed E-state index contributed by atoms with van der Waals surface area (Å²) in [6.45, 7) is 3.25. The summed E-state index contributed by atoms with van der Waals surface area (Å²) in [5.74, 6) is 1.87. The van der Waals surface area contributed by atoms with Gasteiger partial charge in [0.2, 0.25) is 5.91 Å². The number of amides is 1. The molecule has 0 aromatic carbocycles. The molecule has 2 heterocycles. The molecule has 1 saturated carbocycles. The molecule has 1 aromatic rings. The van der Waals surface area contributed by atoms with E-state index in [2.05, 4.69) is 21.2 Å². The SMILES string of the molecule is CN(C)c1cnnc(N2CCN(C(=O)CC3CCCC3)CC2)c1. The normalized spacial score (nSPS) is 19.2. The third-order valence-electron chi connectivity index (χ3n) is 5.04. The summed E-state index contributed by atoms with van der Waals surface area (Å²) in [5.41, 5.74) is 1.05. The maximum atomic E-state index is 12.4. The van der Waals surface area contributed by atoms with Crippen LogP contribution in [0.1, 0.15) is 32.1 Å². The predicted molar refractivity (Wildman–Crippen MR) is 91.7 cm³/mol. The van der Waals surface area contributed by atoms with Gasteiger partial charge < -0.3 is 14.7 Å². The van der Waals surface area contributed by atoms with Gasteiger partial charge in [0.15, 0.2) is 5.82 Å². The second-order valence-corrected chi connectivity index (χ2v) is 6.89. The van der Waals surface area contributed by atoms with Crippen LogP contribution in [0.5, 0.6) is 0 Å². The van der Waals surface area contributed by atoms with Crippen LogP contribution in [0.15, 0.2) is 12.3 Å². The maximum Gasteiger partial charge on any atom is 0.222 e. The molecule has 1 aliphatic heterocycles. The zero-order valence-corrected chi connectivity index (χ0v) is 14.2. The van der Waals surface area contributed by atoms with Crippen molar-refractivity contribution in [3.63, 3.8) is 0 Å². The summed E-state index contributed by atoms with van der Waals surface area (Å²) in [6.07, 6.45) is 7.58. The van der Waals surface area contributed by atoms with Crippen LogP contribution >= 0.6 is 0 Å². The van der Waals surface area contributed by atoms with Gasteiger partial charge in [0.05, 0.1) is 11.9 Å². The minimum absolute atomic E-state index is 0.338. The Labute approximate surface area is 138 Å². The van der Waals surface area contributed by atoms with Crippen LogP contribution in [0.3, 0.4) is 0 Å². The van der Waals surface area contributed by atoms with Crippen LogP contribution in [0, 0.1) is 5.92 Å². The average Bonchev–Trinajstić information content (AvgIpc) is 3.08. The monoisotopic (exact) mass is 317 g/mol. The molecule has 23 heavy (non-hydrogen) atoms. The van der Waals surface area contributed by atoms with E-state index in [0.717, 1.165) is 44.1 Å². The highest BCUT2D eigenvalue weighted by Crippen LogP contribution is 2.28. The van der Waals surface area contributed by atoms with Crippen molar-refractivity contribution in [3.05, 3.63) is 12.3 Å². The number of hydrogen-bond donors (Lipinski definition) is 0. The van der Waals surface area contributed by atoms with Crippen LogP contribution in [0.4, 0.5) is 11.5 Å². The van der Waals surface area contributed by atoms with Gasteiger partial charge >= 0.3 is 0 Å². The Morgan fingerprint density at radius 3 is 2.57 bits per heavy atom. The fourth-order valence-electron chi connectivity index (χ4n) is 3.52. The van der Waals surface area contributed by atoms with Gasteiger partial charge in [-0.05, 0) is 18.8 Å². The van der Waals surface area contributed by atoms with Crippen LogP contribution < -0.4 is 9.80 Å². The Kier molecular flexibility index (Phi) is 4.98. The van der Waals surface area contributed by atoms with Crippen molar-refractivity contribution in [2.45, 2.75) is 32.1 Å². The van der Waals surface area contributed by atoms with E-state index in [1.54, 1.807) is 6.20 Å². The molecular formula is C17H27N5O. The van der Waals surface area contributed by atoms with Gasteiger partial charge in [-0.15, -0.1) is 5.10 Å². The molecule has 0 bridgehead atoms. The molecule has 1 aromatic heterocycles. The first-order valence-corrected chi connectivity index (χ1v) is 8.66. The van der Waals surface area contributed by atoms with Crippen LogP contribution in [-0.2, 0) is 4.79 Å². The highest BCUT2D eigenvalue weighted by atomic mass is 16.2. The lowest BCUT2D eigenvalue weighted by atomic mass is 10.0. The van der Waals surface area contributed by atoms with Gasteiger partial charge in [-0.3, -0.25) is 4.79 Å². The quantitative estimate of drug-likeness (QED) is 0.847. The molecule has 126 valence electrons. The third kappa shape index (κ3) is 3.92. The molecule has 6 heteroatoms. The van der Waals surface area contributed by atoms with E-state index in [-0.39, 0.29) is 0 Å². The molecule has 0 unspecified atom stereocenters. The van der Waals surface area contributed by atoms with E-state index in [1.807, 2.05) is 23.9 Å². The molecule has 3 rings (SSSR count). The number of nitrogens with zero attached hydrogens (tertiary/aromatic N) is 5. The number of aromatic nitrogens is 2. The molecule has 6 nitrogen and oxygen atoms in total. The number of rotatable bonds is 4. The fraction of sp³-hybridized carbons (Fsp3) is 0.706. The van der Waals surface area contributed by atoms with Crippen molar-refractivity contribution in [3.8, 4) is 0 Å². The molecule has 0 radical (unpaired) electrons. The van der Waals surface area contributed by atoms with Crippen molar-refractivity contribution < 1.29 is 4.79 Å². The second kappa shape index (κ2) is 7.15. The fourth-order valence-corrected chi connectivity index (χ4v) is 3.52. The topological polar surface area (TPSA) is 52.6 Å². The number of carbonyl (C=O) groups is 1. The van der Waals surface area contributed by atoms with Gasteiger partial charge in [-0.25, -0.2) is 0 Å². The number of piperazine rings is 1. The van der Waals surface area contributed by atoms with Crippen LogP contribution in [-0.4, -0.2) is 61.3 Å². The Morgan fingerprint density at radius 1 is 1.22 bits per heavy atom. The summed E-state index contributed by atoms with van der Waals surface area (Å²) in [5, 5.41) is 8.33. The van der Waals surface area contributed by atoms with Gasteiger partial charge in [0.25, 0.3) is 0 Å². The highest BCUT2D eigenvalue weighted by Gasteiger charge is 2.25. The molecule has 1 aliphatic carbocycles. The standard InChI is InChI=1S/C17H27N5O/c1-20(2)15-12-16(19-18-13-15)21-7-9-22(10-8-21)17(23)11-14-5-3-4-6-14/h12-14H,3-11H2,1-2H3. The highest BCUT2D eigenvalue weighted by molar-refractivity contribution is 5.76. The zero-order chi connectivity index (χ0) is 16.2. The molecule has 0 N–H and O–H groups in total. The Bertz CT molecular complexity index is 534. The van der Waals surface area contributed by atoms with Crippen molar-refractivity contribution in [2.75, 3.05) is 50.1 Å². The Morgan fingerprint density at radius 2 is 1.91 bits per heavy atom. The first kappa shape index (κ1) is 16.0. The molecule has 1 saturated heterocycles. The molecule has 0 spiro atoms. The predicted octanol–water partition coefficient (Wildman–Crippen LogP) is 1.77. The molecular weight excluding hydrogens is 290 g/mol. The van der Waals surface area contributed by atoms with E-state index >= 15 is 0 Å². The minimum atomic E-state index is 0.338. The largest absolute Gasteiger partial charge is 0.376 e. The first-order chi connectivity index (χ1) is 11.1. The van der Waals surface area contributed by atoms with Gasteiger partial charge in [0.1, 0.15) is 0 Å². The number of carbonyl (C=O) groups excluding carboxylic acids is 1. The van der Waals surface area contributed by atoms with Crippen LogP contribution in [0.25, 0.3) is 0 Å². The van der Waals surface area contributed by atoms with Gasteiger partial charge in [-0.1, -0.05) is 12.8 Å². The lowest BCUT2D eigenvalue weighted by Crippen LogP contribution is -2.49.